The Morgan fingerprint density at radius 3 is 2.52 bits per heavy atom. The van der Waals surface area contributed by atoms with Gasteiger partial charge in [-0.3, -0.25) is 4.84 Å². The standard InChI is InChI=1S/C20H23F3N2O5S/c1-25-18(15-8-5-9-16(28-2)19(15)29-3)17(12-30-25)31(26,27)24-11-13-6-4-7-14(10-13)20(21,22)23/h4-10,17-18,24H,11-12H2,1-3H3/t17-,18+/m1/s1. The van der Waals surface area contributed by atoms with Gasteiger partial charge in [-0.1, -0.05) is 30.3 Å². The highest BCUT2D eigenvalue weighted by Gasteiger charge is 2.44. The number of alkyl halides is 3. The Bertz CT molecular complexity index is 1030. The highest BCUT2D eigenvalue weighted by Crippen LogP contribution is 2.42. The first-order valence-corrected chi connectivity index (χ1v) is 10.8. The van der Waals surface area contributed by atoms with Crippen LogP contribution in [0.2, 0.25) is 0 Å². The lowest BCUT2D eigenvalue weighted by atomic mass is 10.0. The van der Waals surface area contributed by atoms with Gasteiger partial charge in [-0.05, 0) is 17.7 Å². The predicted molar refractivity (Wildman–Crippen MR) is 107 cm³/mol. The highest BCUT2D eigenvalue weighted by atomic mass is 32.2. The molecule has 11 heteroatoms. The molecule has 0 unspecified atom stereocenters. The van der Waals surface area contributed by atoms with Crippen molar-refractivity contribution in [2.24, 2.45) is 0 Å². The van der Waals surface area contributed by atoms with E-state index in [1.807, 2.05) is 0 Å². The number of nitrogens with one attached hydrogen (secondary N) is 1. The molecule has 0 amide bonds. The summed E-state index contributed by atoms with van der Waals surface area (Å²) in [6, 6.07) is 8.91. The third-order valence-electron chi connectivity index (χ3n) is 5.07. The summed E-state index contributed by atoms with van der Waals surface area (Å²) in [6.45, 7) is -0.409. The van der Waals surface area contributed by atoms with E-state index in [1.54, 1.807) is 25.2 Å². The van der Waals surface area contributed by atoms with Gasteiger partial charge in [-0.15, -0.1) is 0 Å². The van der Waals surface area contributed by atoms with E-state index in [9.17, 15) is 21.6 Å². The first kappa shape index (κ1) is 23.3. The van der Waals surface area contributed by atoms with Crippen LogP contribution in [-0.2, 0) is 27.6 Å². The molecule has 2 aromatic rings. The number of rotatable bonds is 7. The third kappa shape index (κ3) is 4.95. The van der Waals surface area contributed by atoms with Gasteiger partial charge in [0.1, 0.15) is 5.25 Å². The van der Waals surface area contributed by atoms with E-state index in [0.29, 0.717) is 17.1 Å². The summed E-state index contributed by atoms with van der Waals surface area (Å²) in [5.74, 6) is 0.818. The predicted octanol–water partition coefficient (Wildman–Crippen LogP) is 3.13. The summed E-state index contributed by atoms with van der Waals surface area (Å²) in [5, 5.41) is 0.398. The average Bonchev–Trinajstić information content (AvgIpc) is 3.13. The second-order valence-electron chi connectivity index (χ2n) is 6.97. The molecule has 3 rings (SSSR count). The van der Waals surface area contributed by atoms with Crippen LogP contribution in [-0.4, -0.2) is 46.6 Å². The maximum Gasteiger partial charge on any atom is 0.416 e. The Labute approximate surface area is 178 Å². The van der Waals surface area contributed by atoms with Crippen LogP contribution < -0.4 is 14.2 Å². The summed E-state index contributed by atoms with van der Waals surface area (Å²) in [4.78, 5) is 5.48. The lowest BCUT2D eigenvalue weighted by Gasteiger charge is -2.25. The summed E-state index contributed by atoms with van der Waals surface area (Å²) in [5.41, 5.74) is -0.0930. The van der Waals surface area contributed by atoms with Crippen LogP contribution in [0.15, 0.2) is 42.5 Å². The van der Waals surface area contributed by atoms with Crippen molar-refractivity contribution < 1.29 is 35.9 Å². The Kier molecular flexibility index (Phi) is 6.79. The fourth-order valence-electron chi connectivity index (χ4n) is 3.55. The number of nitrogens with zero attached hydrogens (tertiary/aromatic N) is 1. The number of para-hydroxylation sites is 1. The van der Waals surface area contributed by atoms with E-state index in [1.165, 1.54) is 31.4 Å². The first-order chi connectivity index (χ1) is 14.6. The molecule has 0 radical (unpaired) electrons. The van der Waals surface area contributed by atoms with Crippen LogP contribution in [0, 0.1) is 0 Å². The topological polar surface area (TPSA) is 77.1 Å². The molecule has 0 saturated carbocycles. The quantitative estimate of drug-likeness (QED) is 0.684. The molecule has 1 aliphatic rings. The molecule has 1 N–H and O–H groups in total. The van der Waals surface area contributed by atoms with Crippen LogP contribution in [0.3, 0.4) is 0 Å². The van der Waals surface area contributed by atoms with E-state index < -0.39 is 33.1 Å². The number of hydrogen-bond acceptors (Lipinski definition) is 6. The summed E-state index contributed by atoms with van der Waals surface area (Å²) >= 11 is 0. The van der Waals surface area contributed by atoms with E-state index in [0.717, 1.165) is 12.1 Å². The maximum absolute atomic E-state index is 13.1. The average molecular weight is 460 g/mol. The fourth-order valence-corrected chi connectivity index (χ4v) is 5.02. The zero-order chi connectivity index (χ0) is 22.8. The van der Waals surface area contributed by atoms with Crippen molar-refractivity contribution >= 4 is 10.0 Å². The van der Waals surface area contributed by atoms with Gasteiger partial charge < -0.3 is 9.47 Å². The van der Waals surface area contributed by atoms with Gasteiger partial charge in [0.15, 0.2) is 11.5 Å². The largest absolute Gasteiger partial charge is 0.493 e. The number of benzene rings is 2. The van der Waals surface area contributed by atoms with E-state index in [4.69, 9.17) is 14.3 Å². The fraction of sp³-hybridized carbons (Fsp3) is 0.400. The molecule has 1 fully saturated rings. The number of ether oxygens (including phenoxy) is 2. The molecule has 0 aromatic heterocycles. The molecule has 1 saturated heterocycles. The Morgan fingerprint density at radius 2 is 1.87 bits per heavy atom. The van der Waals surface area contributed by atoms with Gasteiger partial charge in [0.2, 0.25) is 10.0 Å². The SMILES string of the molecule is COc1cccc([C@H]2[C@H](S(=O)(=O)NCc3cccc(C(F)(F)F)c3)CON2C)c1OC. The number of sulfonamides is 1. The first-order valence-electron chi connectivity index (χ1n) is 9.29. The molecule has 31 heavy (non-hydrogen) atoms. The molecule has 0 spiro atoms. The van der Waals surface area contributed by atoms with Crippen LogP contribution in [0.25, 0.3) is 0 Å². The molecule has 2 atom stereocenters. The zero-order valence-electron chi connectivity index (χ0n) is 17.1. The number of hydrogen-bond donors (Lipinski definition) is 1. The van der Waals surface area contributed by atoms with E-state index in [2.05, 4.69) is 4.72 Å². The Hall–Kier alpha value is -2.34. The molecule has 0 bridgehead atoms. The van der Waals surface area contributed by atoms with Gasteiger partial charge in [0.25, 0.3) is 0 Å². The molecule has 1 aliphatic heterocycles. The molecule has 1 heterocycles. The lowest BCUT2D eigenvalue weighted by molar-refractivity contribution is -0.137. The van der Waals surface area contributed by atoms with Crippen molar-refractivity contribution in [2.75, 3.05) is 27.9 Å². The van der Waals surface area contributed by atoms with Crippen molar-refractivity contribution in [2.45, 2.75) is 24.0 Å². The molecule has 170 valence electrons. The summed E-state index contributed by atoms with van der Waals surface area (Å²) in [6.07, 6.45) is -4.51. The molecule has 7 nitrogen and oxygen atoms in total. The second-order valence-corrected chi connectivity index (χ2v) is 8.96. The summed E-state index contributed by atoms with van der Waals surface area (Å²) in [7, 11) is 0.552. The van der Waals surface area contributed by atoms with Crippen LogP contribution in [0.1, 0.15) is 22.7 Å². The van der Waals surface area contributed by atoms with E-state index >= 15 is 0 Å². The second kappa shape index (κ2) is 9.03. The van der Waals surface area contributed by atoms with Gasteiger partial charge >= 0.3 is 6.18 Å². The number of halogens is 3. The Morgan fingerprint density at radius 1 is 1.16 bits per heavy atom. The van der Waals surface area contributed by atoms with Crippen molar-refractivity contribution in [3.05, 3.63) is 59.2 Å². The van der Waals surface area contributed by atoms with Crippen LogP contribution in [0.4, 0.5) is 13.2 Å². The van der Waals surface area contributed by atoms with Crippen molar-refractivity contribution in [1.82, 2.24) is 9.79 Å². The van der Waals surface area contributed by atoms with Gasteiger partial charge in [-0.25, -0.2) is 13.1 Å². The maximum atomic E-state index is 13.1. The molecule has 2 aromatic carbocycles. The van der Waals surface area contributed by atoms with Gasteiger partial charge in [0, 0.05) is 19.2 Å². The molecular weight excluding hydrogens is 437 g/mol. The van der Waals surface area contributed by atoms with Gasteiger partial charge in [0.05, 0.1) is 32.4 Å². The van der Waals surface area contributed by atoms with Crippen LogP contribution >= 0.6 is 0 Å². The van der Waals surface area contributed by atoms with Gasteiger partial charge in [-0.2, -0.15) is 18.2 Å². The zero-order valence-corrected chi connectivity index (χ0v) is 18.0. The normalized spacial score (nSPS) is 20.1. The Balaban J connectivity index is 1.86. The van der Waals surface area contributed by atoms with Crippen molar-refractivity contribution in [3.63, 3.8) is 0 Å². The minimum absolute atomic E-state index is 0.126. The van der Waals surface area contributed by atoms with Crippen molar-refractivity contribution in [1.29, 1.82) is 0 Å². The summed E-state index contributed by atoms with van der Waals surface area (Å²) < 4.78 is 78.0. The van der Waals surface area contributed by atoms with Crippen LogP contribution in [0.5, 0.6) is 11.5 Å². The van der Waals surface area contributed by atoms with Crippen molar-refractivity contribution in [3.8, 4) is 11.5 Å². The number of hydroxylamine groups is 2. The van der Waals surface area contributed by atoms with E-state index in [-0.39, 0.29) is 18.7 Å². The smallest absolute Gasteiger partial charge is 0.416 e. The number of methoxy groups -OCH3 is 2. The minimum atomic E-state index is -4.51. The highest BCUT2D eigenvalue weighted by molar-refractivity contribution is 7.90. The third-order valence-corrected chi connectivity index (χ3v) is 6.81. The minimum Gasteiger partial charge on any atom is -0.493 e. The molecular formula is C20H23F3N2O5S. The lowest BCUT2D eigenvalue weighted by Crippen LogP contribution is -2.39. The molecule has 0 aliphatic carbocycles. The monoisotopic (exact) mass is 460 g/mol.